The van der Waals surface area contributed by atoms with E-state index in [4.69, 9.17) is 14.5 Å². The molecule has 3 heterocycles. The largest absolute Gasteiger partial charge is 0.453 e. The summed E-state index contributed by atoms with van der Waals surface area (Å²) >= 11 is 0. The van der Waals surface area contributed by atoms with Crippen LogP contribution in [-0.4, -0.2) is 111 Å². The number of aromatic nitrogens is 2. The van der Waals surface area contributed by atoms with Gasteiger partial charge in [0.1, 0.15) is 17.0 Å². The van der Waals surface area contributed by atoms with Crippen LogP contribution in [0.3, 0.4) is 0 Å². The number of ether oxygens (including phenoxy) is 2. The molecule has 0 saturated carbocycles. The Balaban J connectivity index is 1.22. The molecule has 2 saturated heterocycles. The Morgan fingerprint density at radius 2 is 1.58 bits per heavy atom. The first kappa shape index (κ1) is 41.2. The molecule has 3 aromatic rings. The van der Waals surface area contributed by atoms with Crippen LogP contribution in [0, 0.1) is 23.7 Å². The second kappa shape index (κ2) is 17.3. The number of carbonyl (C=O) groups excluding carboxylic acids is 5. The molecular formula is C40H57N7O7Si. The van der Waals surface area contributed by atoms with Crippen molar-refractivity contribution in [1.82, 2.24) is 30.4 Å². The summed E-state index contributed by atoms with van der Waals surface area (Å²) in [6.07, 6.45) is 0.994. The summed E-state index contributed by atoms with van der Waals surface area (Å²) in [5.74, 6) is -0.129. The lowest BCUT2D eigenvalue weighted by molar-refractivity contribution is -0.137. The highest BCUT2D eigenvalue weighted by Crippen LogP contribution is 2.34. The maximum Gasteiger partial charge on any atom is 0.407 e. The van der Waals surface area contributed by atoms with Crippen LogP contribution in [0.4, 0.5) is 15.3 Å². The predicted octanol–water partition coefficient (Wildman–Crippen LogP) is 4.20. The molecule has 2 fully saturated rings. The van der Waals surface area contributed by atoms with Crippen LogP contribution in [0.15, 0.2) is 42.5 Å². The standard InChI is InChI=1S/C40H57N7O7Si/c1-22(2)24(5)33(44-38(51)53-7)36(49)46-19-17-28(21-46)35(48)41-29-14-11-26(12-15-29)27-13-16-30-31(20-27)43-34(42-30)25(6)32-10-9-18-47(32)37(50)40(55,23(3)4)45-39(52)54-8/h11-16,20,22-25,28,32-33H,9-10,17-19,21H2,1-8,55H3,(H,41,48)(H,42,43)(H,44,51)(H,45,52). The Bertz CT molecular complexity index is 1880. The van der Waals surface area contributed by atoms with E-state index in [2.05, 4.69) is 33.9 Å². The van der Waals surface area contributed by atoms with Gasteiger partial charge in [0.2, 0.25) is 17.7 Å². The smallest absolute Gasteiger partial charge is 0.407 e. The lowest BCUT2D eigenvalue weighted by Gasteiger charge is -2.39. The molecule has 0 radical (unpaired) electrons. The number of nitrogens with one attached hydrogen (secondary N) is 4. The van der Waals surface area contributed by atoms with Crippen molar-refractivity contribution < 1.29 is 33.4 Å². The molecular weight excluding hydrogens is 719 g/mol. The summed E-state index contributed by atoms with van der Waals surface area (Å²) in [6, 6.07) is 12.9. The van der Waals surface area contributed by atoms with Gasteiger partial charge in [0.05, 0.1) is 31.2 Å². The number of nitrogens with zero attached hydrogens (tertiary/aromatic N) is 3. The molecule has 5 rings (SSSR count). The molecule has 1 aromatic heterocycles. The lowest BCUT2D eigenvalue weighted by Crippen LogP contribution is -2.64. The maximum absolute atomic E-state index is 14.0. The molecule has 2 aliphatic rings. The fourth-order valence-corrected chi connectivity index (χ4v) is 8.02. The summed E-state index contributed by atoms with van der Waals surface area (Å²) in [4.78, 5) is 76.9. The zero-order valence-electron chi connectivity index (χ0n) is 33.5. The molecule has 6 atom stereocenters. The summed E-state index contributed by atoms with van der Waals surface area (Å²) < 4.78 is 9.61. The van der Waals surface area contributed by atoms with Crippen LogP contribution in [-0.2, 0) is 23.9 Å². The molecule has 5 amide bonds. The first-order chi connectivity index (χ1) is 26.1. The van der Waals surface area contributed by atoms with Gasteiger partial charge in [-0.1, -0.05) is 59.7 Å². The molecule has 14 nitrogen and oxygen atoms in total. The quantitative estimate of drug-likeness (QED) is 0.198. The number of benzene rings is 2. The molecule has 15 heteroatoms. The van der Waals surface area contributed by atoms with Crippen molar-refractivity contribution in [2.24, 2.45) is 23.7 Å². The zero-order chi connectivity index (χ0) is 40.2. The lowest BCUT2D eigenvalue weighted by atomic mass is 9.89. The molecule has 0 spiro atoms. The van der Waals surface area contributed by atoms with Crippen molar-refractivity contribution in [3.05, 3.63) is 48.3 Å². The van der Waals surface area contributed by atoms with E-state index >= 15 is 0 Å². The van der Waals surface area contributed by atoms with Gasteiger partial charge in [0.15, 0.2) is 0 Å². The second-order valence-corrected chi connectivity index (χ2v) is 17.5. The molecule has 0 aliphatic carbocycles. The van der Waals surface area contributed by atoms with E-state index in [0.29, 0.717) is 35.4 Å². The van der Waals surface area contributed by atoms with Gasteiger partial charge in [0, 0.05) is 47.5 Å². The van der Waals surface area contributed by atoms with Crippen molar-refractivity contribution in [2.45, 2.75) is 84.0 Å². The number of anilines is 1. The Labute approximate surface area is 326 Å². The highest BCUT2D eigenvalue weighted by molar-refractivity contribution is 6.29. The zero-order valence-corrected chi connectivity index (χ0v) is 35.5. The van der Waals surface area contributed by atoms with Crippen molar-refractivity contribution in [1.29, 1.82) is 0 Å². The monoisotopic (exact) mass is 775 g/mol. The van der Waals surface area contributed by atoms with Crippen LogP contribution < -0.4 is 16.0 Å². The number of likely N-dealkylation sites (tertiary alicyclic amines) is 2. The van der Waals surface area contributed by atoms with E-state index in [-0.39, 0.29) is 59.9 Å². The van der Waals surface area contributed by atoms with Crippen LogP contribution in [0.5, 0.6) is 0 Å². The highest BCUT2D eigenvalue weighted by atomic mass is 28.1. The highest BCUT2D eigenvalue weighted by Gasteiger charge is 2.46. The second-order valence-electron chi connectivity index (χ2n) is 15.9. The van der Waals surface area contributed by atoms with Gasteiger partial charge in [-0.2, -0.15) is 0 Å². The van der Waals surface area contributed by atoms with Crippen LogP contribution in [0.25, 0.3) is 22.2 Å². The predicted molar refractivity (Wildman–Crippen MR) is 214 cm³/mol. The number of hydrogen-bond acceptors (Lipinski definition) is 8. The normalized spacial score (nSPS) is 19.9. The molecule has 4 N–H and O–H groups in total. The van der Waals surface area contributed by atoms with E-state index in [1.54, 1.807) is 4.90 Å². The molecule has 2 aliphatic heterocycles. The summed E-state index contributed by atoms with van der Waals surface area (Å²) in [5, 5.41) is 7.57. The average molecular weight is 776 g/mol. The number of fused-ring (bicyclic) bond motifs is 1. The molecule has 6 unspecified atom stereocenters. The Hall–Kier alpha value is -4.92. The van der Waals surface area contributed by atoms with Gasteiger partial charge in [-0.15, -0.1) is 0 Å². The topological polar surface area (TPSA) is 175 Å². The van der Waals surface area contributed by atoms with Crippen molar-refractivity contribution in [3.63, 3.8) is 0 Å². The fourth-order valence-electron chi connectivity index (χ4n) is 7.53. The van der Waals surface area contributed by atoms with E-state index < -0.39 is 23.4 Å². The number of amides is 5. The van der Waals surface area contributed by atoms with E-state index in [1.165, 1.54) is 14.2 Å². The number of imidazole rings is 1. The van der Waals surface area contributed by atoms with Crippen molar-refractivity contribution >= 4 is 56.9 Å². The van der Waals surface area contributed by atoms with E-state index in [0.717, 1.165) is 40.8 Å². The molecule has 55 heavy (non-hydrogen) atoms. The third kappa shape index (κ3) is 8.98. The summed E-state index contributed by atoms with van der Waals surface area (Å²) in [5.41, 5.74) is 4.31. The van der Waals surface area contributed by atoms with Crippen molar-refractivity contribution in [3.8, 4) is 11.1 Å². The number of H-pyrrole nitrogens is 1. The minimum Gasteiger partial charge on any atom is -0.453 e. The number of hydrogen-bond donors (Lipinski definition) is 4. The van der Waals surface area contributed by atoms with Crippen LogP contribution in [0.1, 0.15) is 72.5 Å². The van der Waals surface area contributed by atoms with Gasteiger partial charge in [-0.05, 0) is 72.4 Å². The van der Waals surface area contributed by atoms with Crippen LogP contribution >= 0.6 is 0 Å². The summed E-state index contributed by atoms with van der Waals surface area (Å²) in [7, 11) is 3.01. The minimum atomic E-state index is -0.976. The van der Waals surface area contributed by atoms with Crippen LogP contribution in [0.2, 0.25) is 0 Å². The number of carbonyl (C=O) groups is 5. The SMILES string of the molecule is COC(=O)NC(C(=O)N1CCC(C(=O)Nc2ccc(-c3ccc4nc(C(C)C5CCCN5C(=O)C([SiH3])(NC(=O)OC)C(C)C)[nH]c4c3)cc2)C1)C(C)C(C)C. The first-order valence-corrected chi connectivity index (χ1v) is 20.3. The first-order valence-electron chi connectivity index (χ1n) is 19.3. The summed E-state index contributed by atoms with van der Waals surface area (Å²) in [6.45, 7) is 13.2. The number of rotatable bonds is 12. The number of alkyl carbamates (subject to hydrolysis) is 2. The number of aromatic amines is 1. The number of methoxy groups -OCH3 is 2. The van der Waals surface area contributed by atoms with Gasteiger partial charge < -0.3 is 40.2 Å². The van der Waals surface area contributed by atoms with E-state index in [9.17, 15) is 24.0 Å². The van der Waals surface area contributed by atoms with Crippen molar-refractivity contribution in [2.75, 3.05) is 39.2 Å². The Morgan fingerprint density at radius 3 is 2.22 bits per heavy atom. The average Bonchev–Trinajstić information content (AvgIpc) is 3.96. The Kier molecular flexibility index (Phi) is 12.9. The van der Waals surface area contributed by atoms with Gasteiger partial charge in [-0.3, -0.25) is 14.4 Å². The van der Waals surface area contributed by atoms with Gasteiger partial charge in [0.25, 0.3) is 0 Å². The molecule has 2 aromatic carbocycles. The fraction of sp³-hybridized carbons (Fsp3) is 0.550. The maximum atomic E-state index is 14.0. The minimum absolute atomic E-state index is 0.0620. The van der Waals surface area contributed by atoms with E-state index in [1.807, 2.05) is 75.9 Å². The third-order valence-electron chi connectivity index (χ3n) is 11.9. The third-order valence-corrected chi connectivity index (χ3v) is 13.7. The van der Waals surface area contributed by atoms with Gasteiger partial charge >= 0.3 is 12.2 Å². The molecule has 0 bridgehead atoms. The Morgan fingerprint density at radius 1 is 0.909 bits per heavy atom. The van der Waals surface area contributed by atoms with Gasteiger partial charge in [-0.25, -0.2) is 14.6 Å². The molecule has 298 valence electrons.